The van der Waals surface area contributed by atoms with Crippen LogP contribution in [0.15, 0.2) is 55.6 Å². The Bertz CT molecular complexity index is 1310. The largest absolute Gasteiger partial charge is 0.478 e. The van der Waals surface area contributed by atoms with Crippen LogP contribution in [-0.4, -0.2) is 53.0 Å². The number of carbonyl (C=O) groups is 1. The minimum atomic E-state index is -0.430. The van der Waals surface area contributed by atoms with Gasteiger partial charge in [-0.15, -0.1) is 0 Å². The van der Waals surface area contributed by atoms with Crippen LogP contribution in [0.2, 0.25) is 0 Å². The van der Waals surface area contributed by atoms with Gasteiger partial charge in [0.05, 0.1) is 23.7 Å². The van der Waals surface area contributed by atoms with Crippen LogP contribution in [0.25, 0.3) is 5.57 Å². The van der Waals surface area contributed by atoms with E-state index in [0.717, 1.165) is 22.5 Å². The number of urea groups is 1. The van der Waals surface area contributed by atoms with Crippen molar-refractivity contribution in [1.29, 1.82) is 0 Å². The van der Waals surface area contributed by atoms with Gasteiger partial charge in [0, 0.05) is 22.7 Å². The average Bonchev–Trinajstić information content (AvgIpc) is 3.51. The van der Waals surface area contributed by atoms with Crippen LogP contribution in [0.3, 0.4) is 0 Å². The zero-order valence-electron chi connectivity index (χ0n) is 21.0. The van der Waals surface area contributed by atoms with Gasteiger partial charge in [-0.25, -0.2) is 14.8 Å². The molecule has 0 saturated carbocycles. The highest BCUT2D eigenvalue weighted by Crippen LogP contribution is 2.40. The number of carbonyl (C=O) groups excluding carboxylic acids is 1. The van der Waals surface area contributed by atoms with Crippen LogP contribution in [0, 0.1) is 5.92 Å². The van der Waals surface area contributed by atoms with Crippen molar-refractivity contribution in [2.75, 3.05) is 23.8 Å². The molecule has 0 spiro atoms. The molecule has 3 aliphatic heterocycles. The number of nitrogens with zero attached hydrogens (tertiary/aromatic N) is 5. The summed E-state index contributed by atoms with van der Waals surface area (Å²) in [4.78, 5) is 21.5. The van der Waals surface area contributed by atoms with Crippen LogP contribution in [-0.2, 0) is 10.2 Å². The molecule has 1 atom stereocenters. The van der Waals surface area contributed by atoms with E-state index < -0.39 is 6.03 Å². The normalized spacial score (nSPS) is 20.6. The second kappa shape index (κ2) is 8.51. The van der Waals surface area contributed by atoms with Crippen molar-refractivity contribution in [1.82, 2.24) is 10.2 Å². The standard InChI is InChI=1S/C25H30N8O3/c1-24(2,3)17-10-18(36-32-17)30-23(34)29-15-8-6-14(7-9-15)19-16(22-31-25(4,5)12-35-22)11-33-20(19)21(26)27-13-28-33/h6-10,13,16H,11-12H2,1-5H3,(H2,26,27,28)(H2,29,30,34). The van der Waals surface area contributed by atoms with Gasteiger partial charge in [0.1, 0.15) is 18.6 Å². The van der Waals surface area contributed by atoms with Gasteiger partial charge in [-0.05, 0) is 31.5 Å². The molecular weight excluding hydrogens is 460 g/mol. The van der Waals surface area contributed by atoms with Crippen LogP contribution in [0.5, 0.6) is 0 Å². The van der Waals surface area contributed by atoms with E-state index in [9.17, 15) is 4.79 Å². The monoisotopic (exact) mass is 490 g/mol. The molecule has 0 radical (unpaired) electrons. The van der Waals surface area contributed by atoms with Gasteiger partial charge in [-0.2, -0.15) is 5.10 Å². The Kier molecular flexibility index (Phi) is 5.57. The van der Waals surface area contributed by atoms with Gasteiger partial charge in [-0.1, -0.05) is 38.1 Å². The molecular formula is C25H30N8O3. The van der Waals surface area contributed by atoms with Gasteiger partial charge in [-0.3, -0.25) is 10.3 Å². The molecule has 3 aliphatic rings. The average molecular weight is 491 g/mol. The molecule has 2 aromatic rings. The van der Waals surface area contributed by atoms with E-state index in [-0.39, 0.29) is 22.8 Å². The fraction of sp³-hybridized carbons (Fsp3) is 0.400. The van der Waals surface area contributed by atoms with E-state index >= 15 is 0 Å². The minimum absolute atomic E-state index is 0.142. The number of nitrogens with one attached hydrogen (secondary N) is 2. The topological polar surface area (TPSA) is 143 Å². The second-order valence-electron chi connectivity index (χ2n) is 10.7. The number of benzene rings is 1. The van der Waals surface area contributed by atoms with Gasteiger partial charge in [0.25, 0.3) is 0 Å². The van der Waals surface area contributed by atoms with E-state index in [2.05, 4.69) is 25.9 Å². The van der Waals surface area contributed by atoms with Crippen molar-refractivity contribution < 1.29 is 14.1 Å². The van der Waals surface area contributed by atoms with E-state index in [1.54, 1.807) is 6.07 Å². The number of hydrogen-bond donors (Lipinski definition) is 3. The molecule has 5 rings (SSSR count). The molecule has 0 saturated heterocycles. The fourth-order valence-electron chi connectivity index (χ4n) is 4.27. The molecule has 1 aromatic carbocycles. The molecule has 4 heterocycles. The Hall–Kier alpha value is -4.15. The smallest absolute Gasteiger partial charge is 0.326 e. The summed E-state index contributed by atoms with van der Waals surface area (Å²) in [5.41, 5.74) is 9.77. The van der Waals surface area contributed by atoms with Gasteiger partial charge in [0.15, 0.2) is 11.7 Å². The van der Waals surface area contributed by atoms with Crippen molar-refractivity contribution in [3.63, 3.8) is 0 Å². The third-order valence-electron chi connectivity index (χ3n) is 6.10. The number of aromatic nitrogens is 1. The first-order chi connectivity index (χ1) is 17.0. The number of hydrogen-bond acceptors (Lipinski definition) is 9. The molecule has 2 amide bonds. The summed E-state index contributed by atoms with van der Waals surface area (Å²) in [5.74, 6) is 1.20. The first-order valence-corrected chi connectivity index (χ1v) is 11.8. The first kappa shape index (κ1) is 23.6. The maximum atomic E-state index is 12.5. The van der Waals surface area contributed by atoms with Crippen LogP contribution < -0.4 is 16.4 Å². The van der Waals surface area contributed by atoms with Crippen molar-refractivity contribution in [2.45, 2.75) is 45.6 Å². The number of anilines is 2. The summed E-state index contributed by atoms with van der Waals surface area (Å²) >= 11 is 0. The minimum Gasteiger partial charge on any atom is -0.478 e. The summed E-state index contributed by atoms with van der Waals surface area (Å²) in [6.07, 6.45) is 1.45. The lowest BCUT2D eigenvalue weighted by Gasteiger charge is -2.18. The predicted molar refractivity (Wildman–Crippen MR) is 139 cm³/mol. The number of fused-ring (bicyclic) bond motifs is 1. The maximum Gasteiger partial charge on any atom is 0.326 e. The number of hydrazone groups is 1. The Labute approximate surface area is 209 Å². The Morgan fingerprint density at radius 1 is 1.19 bits per heavy atom. The third-order valence-corrected chi connectivity index (χ3v) is 6.10. The highest BCUT2D eigenvalue weighted by atomic mass is 16.5. The molecule has 1 aromatic heterocycles. The van der Waals surface area contributed by atoms with Crippen molar-refractivity contribution >= 4 is 41.2 Å². The predicted octanol–water partition coefficient (Wildman–Crippen LogP) is 3.78. The number of aliphatic imine (C=N–C) groups is 2. The molecule has 36 heavy (non-hydrogen) atoms. The fourth-order valence-corrected chi connectivity index (χ4v) is 4.27. The van der Waals surface area contributed by atoms with E-state index in [1.807, 2.05) is 63.9 Å². The molecule has 188 valence electrons. The maximum absolute atomic E-state index is 12.5. The highest BCUT2D eigenvalue weighted by molar-refractivity contribution is 6.11. The molecule has 1 unspecified atom stereocenters. The van der Waals surface area contributed by atoms with E-state index in [4.69, 9.17) is 20.0 Å². The van der Waals surface area contributed by atoms with Crippen LogP contribution in [0.1, 0.15) is 45.9 Å². The molecule has 0 aliphatic carbocycles. The summed E-state index contributed by atoms with van der Waals surface area (Å²) in [5, 5.41) is 15.7. The third kappa shape index (κ3) is 4.56. The van der Waals surface area contributed by atoms with E-state index in [1.165, 1.54) is 6.34 Å². The molecule has 11 heteroatoms. The lowest BCUT2D eigenvalue weighted by Crippen LogP contribution is -2.29. The lowest BCUT2D eigenvalue weighted by molar-refractivity contribution is 0.261. The van der Waals surface area contributed by atoms with Crippen LogP contribution in [0.4, 0.5) is 16.4 Å². The SMILES string of the molecule is CC1(C)COC(C2CN3N=CN=C(N)C3=C2c2ccc(NC(=O)Nc3cc(C(C)(C)C)no3)cc2)=N1. The number of amidine groups is 1. The van der Waals surface area contributed by atoms with E-state index in [0.29, 0.717) is 30.6 Å². The number of amides is 2. The van der Waals surface area contributed by atoms with Gasteiger partial charge >= 0.3 is 6.03 Å². The summed E-state index contributed by atoms with van der Waals surface area (Å²) < 4.78 is 11.2. The zero-order chi connectivity index (χ0) is 25.7. The molecule has 0 fully saturated rings. The van der Waals surface area contributed by atoms with Crippen molar-refractivity contribution in [3.8, 4) is 0 Å². The molecule has 11 nitrogen and oxygen atoms in total. The van der Waals surface area contributed by atoms with Gasteiger partial charge in [0.2, 0.25) is 5.88 Å². The number of nitrogens with two attached hydrogens (primary N) is 1. The summed E-state index contributed by atoms with van der Waals surface area (Å²) in [6, 6.07) is 8.78. The molecule has 0 bridgehead atoms. The molecule has 4 N–H and O–H groups in total. The first-order valence-electron chi connectivity index (χ1n) is 11.8. The Morgan fingerprint density at radius 3 is 2.58 bits per heavy atom. The van der Waals surface area contributed by atoms with Crippen molar-refractivity contribution in [3.05, 3.63) is 47.3 Å². The Balaban J connectivity index is 1.36. The zero-order valence-corrected chi connectivity index (χ0v) is 21.0. The van der Waals surface area contributed by atoms with Crippen molar-refractivity contribution in [2.24, 2.45) is 26.7 Å². The highest BCUT2D eigenvalue weighted by Gasteiger charge is 2.42. The van der Waals surface area contributed by atoms with Crippen LogP contribution >= 0.6 is 0 Å². The Morgan fingerprint density at radius 2 is 1.94 bits per heavy atom. The number of rotatable bonds is 4. The van der Waals surface area contributed by atoms with Gasteiger partial charge < -0.3 is 20.3 Å². The summed E-state index contributed by atoms with van der Waals surface area (Å²) in [7, 11) is 0. The lowest BCUT2D eigenvalue weighted by atomic mass is 9.92. The quantitative estimate of drug-likeness (QED) is 0.595. The second-order valence-corrected chi connectivity index (χ2v) is 10.7. The summed E-state index contributed by atoms with van der Waals surface area (Å²) in [6.45, 7) is 11.2. The number of ether oxygens (including phenoxy) is 1.